The average Bonchev–Trinajstić information content (AvgIpc) is 2.37. The lowest BCUT2D eigenvalue weighted by atomic mass is 9.93. The molecule has 6 nitrogen and oxygen atoms in total. The highest BCUT2D eigenvalue weighted by Crippen LogP contribution is 2.24. The van der Waals surface area contributed by atoms with E-state index in [2.05, 4.69) is 0 Å². The molecule has 6 heteroatoms. The van der Waals surface area contributed by atoms with Crippen LogP contribution in [0, 0.1) is 17.0 Å². The topological polar surface area (TPSA) is 83.7 Å². The number of hydrogen-bond donors (Lipinski definition) is 1. The summed E-state index contributed by atoms with van der Waals surface area (Å²) >= 11 is 0. The van der Waals surface area contributed by atoms with Gasteiger partial charge >= 0.3 is 0 Å². The maximum absolute atomic E-state index is 12.4. The van der Waals surface area contributed by atoms with Crippen LogP contribution in [0.15, 0.2) is 18.2 Å². The molecule has 1 fully saturated rings. The fourth-order valence-electron chi connectivity index (χ4n) is 2.37. The highest BCUT2D eigenvalue weighted by atomic mass is 16.6. The van der Waals surface area contributed by atoms with Crippen LogP contribution in [0.4, 0.5) is 5.69 Å². The minimum atomic E-state index is -0.727. The molecule has 1 N–H and O–H groups in total. The van der Waals surface area contributed by atoms with Crippen molar-refractivity contribution in [3.63, 3.8) is 0 Å². The molecule has 1 saturated heterocycles. The number of carbonyl (C=O) groups excluding carboxylic acids is 1. The molecule has 20 heavy (non-hydrogen) atoms. The first-order valence-electron chi connectivity index (χ1n) is 6.56. The van der Waals surface area contributed by atoms with E-state index in [4.69, 9.17) is 0 Å². The Labute approximate surface area is 117 Å². The van der Waals surface area contributed by atoms with Crippen LogP contribution in [0.25, 0.3) is 0 Å². The summed E-state index contributed by atoms with van der Waals surface area (Å²) in [5, 5.41) is 20.7. The summed E-state index contributed by atoms with van der Waals surface area (Å²) in [6.07, 6.45) is 1.04. The molecule has 108 valence electrons. The summed E-state index contributed by atoms with van der Waals surface area (Å²) in [4.78, 5) is 24.3. The van der Waals surface area contributed by atoms with Gasteiger partial charge in [-0.15, -0.1) is 0 Å². The van der Waals surface area contributed by atoms with Crippen molar-refractivity contribution in [1.82, 2.24) is 4.90 Å². The summed E-state index contributed by atoms with van der Waals surface area (Å²) in [6.45, 7) is 4.41. The number of non-ortho nitro benzene ring substituents is 1. The first-order chi connectivity index (χ1) is 9.28. The Morgan fingerprint density at radius 3 is 2.50 bits per heavy atom. The Morgan fingerprint density at radius 1 is 1.35 bits per heavy atom. The van der Waals surface area contributed by atoms with E-state index in [1.165, 1.54) is 12.1 Å². The molecule has 0 saturated carbocycles. The Hall–Kier alpha value is -1.95. The van der Waals surface area contributed by atoms with Crippen LogP contribution in [0.2, 0.25) is 0 Å². The molecule has 1 aromatic rings. The predicted molar refractivity (Wildman–Crippen MR) is 73.6 cm³/mol. The average molecular weight is 278 g/mol. The zero-order valence-electron chi connectivity index (χ0n) is 11.6. The van der Waals surface area contributed by atoms with E-state index in [1.807, 2.05) is 0 Å². The largest absolute Gasteiger partial charge is 0.390 e. The van der Waals surface area contributed by atoms with Crippen LogP contribution in [0.5, 0.6) is 0 Å². The molecular formula is C14H18N2O4. The van der Waals surface area contributed by atoms with Crippen LogP contribution in [0.1, 0.15) is 35.7 Å². The van der Waals surface area contributed by atoms with Crippen molar-refractivity contribution in [3.8, 4) is 0 Å². The number of carbonyl (C=O) groups is 1. The molecule has 1 heterocycles. The van der Waals surface area contributed by atoms with E-state index in [1.54, 1.807) is 24.8 Å². The molecule has 1 aliphatic rings. The van der Waals surface area contributed by atoms with Gasteiger partial charge in [-0.1, -0.05) is 0 Å². The Morgan fingerprint density at radius 2 is 1.95 bits per heavy atom. The molecule has 1 aromatic carbocycles. The quantitative estimate of drug-likeness (QED) is 0.661. The van der Waals surface area contributed by atoms with E-state index in [9.17, 15) is 20.0 Å². The molecule has 1 aliphatic heterocycles. The maximum Gasteiger partial charge on any atom is 0.270 e. The molecular weight excluding hydrogens is 260 g/mol. The van der Waals surface area contributed by atoms with Gasteiger partial charge in [0.1, 0.15) is 0 Å². The zero-order chi connectivity index (χ0) is 14.9. The maximum atomic E-state index is 12.4. The summed E-state index contributed by atoms with van der Waals surface area (Å²) in [5.41, 5.74) is 0.220. The highest BCUT2D eigenvalue weighted by Gasteiger charge is 2.30. The summed E-state index contributed by atoms with van der Waals surface area (Å²) < 4.78 is 0. The summed E-state index contributed by atoms with van der Waals surface area (Å²) in [6, 6.07) is 4.40. The van der Waals surface area contributed by atoms with Crippen LogP contribution in [-0.2, 0) is 0 Å². The van der Waals surface area contributed by atoms with Gasteiger partial charge in [-0.25, -0.2) is 0 Å². The van der Waals surface area contributed by atoms with Gasteiger partial charge in [-0.2, -0.15) is 0 Å². The minimum Gasteiger partial charge on any atom is -0.390 e. The van der Waals surface area contributed by atoms with E-state index >= 15 is 0 Å². The number of aryl methyl sites for hydroxylation is 1. The molecule has 0 aliphatic carbocycles. The molecule has 0 unspecified atom stereocenters. The van der Waals surface area contributed by atoms with Gasteiger partial charge in [0, 0.05) is 30.8 Å². The first kappa shape index (κ1) is 14.5. The zero-order valence-corrected chi connectivity index (χ0v) is 11.6. The standard InChI is InChI=1S/C14H18N2O4/c1-10-7-11(9-12(8-10)16(19)20)13(17)15-5-3-14(2,18)4-6-15/h7-9,18H,3-6H2,1-2H3. The van der Waals surface area contributed by atoms with Crippen molar-refractivity contribution in [2.24, 2.45) is 0 Å². The number of rotatable bonds is 2. The number of piperidine rings is 1. The van der Waals surface area contributed by atoms with Crippen molar-refractivity contribution in [1.29, 1.82) is 0 Å². The number of hydrogen-bond acceptors (Lipinski definition) is 4. The first-order valence-corrected chi connectivity index (χ1v) is 6.56. The molecule has 0 bridgehead atoms. The molecule has 0 spiro atoms. The molecule has 0 radical (unpaired) electrons. The third kappa shape index (κ3) is 3.14. The second-order valence-corrected chi connectivity index (χ2v) is 5.60. The number of nitro benzene ring substituents is 1. The monoisotopic (exact) mass is 278 g/mol. The lowest BCUT2D eigenvalue weighted by molar-refractivity contribution is -0.384. The third-order valence-corrected chi connectivity index (χ3v) is 3.65. The van der Waals surface area contributed by atoms with E-state index < -0.39 is 10.5 Å². The minimum absolute atomic E-state index is 0.0719. The number of amides is 1. The molecule has 0 aromatic heterocycles. The van der Waals surface area contributed by atoms with Crippen LogP contribution in [0.3, 0.4) is 0 Å². The Kier molecular flexibility index (Phi) is 3.76. The van der Waals surface area contributed by atoms with Crippen LogP contribution >= 0.6 is 0 Å². The van der Waals surface area contributed by atoms with Gasteiger partial charge in [0.25, 0.3) is 11.6 Å². The van der Waals surface area contributed by atoms with Gasteiger partial charge in [-0.05, 0) is 38.3 Å². The lowest BCUT2D eigenvalue weighted by Gasteiger charge is -2.35. The van der Waals surface area contributed by atoms with Crippen molar-refractivity contribution in [2.45, 2.75) is 32.3 Å². The van der Waals surface area contributed by atoms with Crippen molar-refractivity contribution >= 4 is 11.6 Å². The van der Waals surface area contributed by atoms with Crippen LogP contribution < -0.4 is 0 Å². The predicted octanol–water partition coefficient (Wildman–Crippen LogP) is 1.89. The fourth-order valence-corrected chi connectivity index (χ4v) is 2.37. The number of nitrogens with zero attached hydrogens (tertiary/aromatic N) is 2. The molecule has 2 rings (SSSR count). The van der Waals surface area contributed by atoms with Gasteiger partial charge in [0.2, 0.25) is 0 Å². The number of likely N-dealkylation sites (tertiary alicyclic amines) is 1. The number of benzene rings is 1. The Bertz CT molecular complexity index is 544. The number of aliphatic hydroxyl groups is 1. The van der Waals surface area contributed by atoms with E-state index in [0.29, 0.717) is 37.1 Å². The fraction of sp³-hybridized carbons (Fsp3) is 0.500. The summed E-state index contributed by atoms with van der Waals surface area (Å²) in [7, 11) is 0. The van der Waals surface area contributed by atoms with Crippen molar-refractivity contribution in [3.05, 3.63) is 39.4 Å². The smallest absolute Gasteiger partial charge is 0.270 e. The van der Waals surface area contributed by atoms with Gasteiger partial charge in [-0.3, -0.25) is 14.9 Å². The molecule has 1 amide bonds. The highest BCUT2D eigenvalue weighted by molar-refractivity contribution is 5.95. The van der Waals surface area contributed by atoms with Crippen molar-refractivity contribution in [2.75, 3.05) is 13.1 Å². The van der Waals surface area contributed by atoms with Crippen molar-refractivity contribution < 1.29 is 14.8 Å². The van der Waals surface area contributed by atoms with Gasteiger partial charge < -0.3 is 10.0 Å². The summed E-state index contributed by atoms with van der Waals surface area (Å²) in [5.74, 6) is -0.215. The second-order valence-electron chi connectivity index (χ2n) is 5.60. The SMILES string of the molecule is Cc1cc(C(=O)N2CCC(C)(O)CC2)cc([N+](=O)[O-])c1. The normalized spacial score (nSPS) is 17.9. The van der Waals surface area contributed by atoms with E-state index in [0.717, 1.165) is 0 Å². The number of nitro groups is 1. The van der Waals surface area contributed by atoms with Gasteiger partial charge in [0.05, 0.1) is 10.5 Å². The van der Waals surface area contributed by atoms with Gasteiger partial charge in [0.15, 0.2) is 0 Å². The second kappa shape index (κ2) is 5.20. The third-order valence-electron chi connectivity index (χ3n) is 3.65. The lowest BCUT2D eigenvalue weighted by Crippen LogP contribution is -2.45. The van der Waals surface area contributed by atoms with Crippen LogP contribution in [-0.4, -0.2) is 39.5 Å². The van der Waals surface area contributed by atoms with E-state index in [-0.39, 0.29) is 11.6 Å². The molecule has 0 atom stereocenters. The Balaban J connectivity index is 2.19.